The summed E-state index contributed by atoms with van der Waals surface area (Å²) < 4.78 is 26.8. The molecule has 0 radical (unpaired) electrons. The molecule has 0 amide bonds. The fourth-order valence-electron chi connectivity index (χ4n) is 2.96. The second-order valence-electron chi connectivity index (χ2n) is 6.73. The summed E-state index contributed by atoms with van der Waals surface area (Å²) >= 11 is 0. The molecule has 26 heavy (non-hydrogen) atoms. The Hall–Kier alpha value is -0.870. The summed E-state index contributed by atoms with van der Waals surface area (Å²) in [7, 11) is -1.61. The molecule has 1 aliphatic carbocycles. The van der Waals surface area contributed by atoms with Crippen LogP contribution in [0, 0.1) is 5.92 Å². The van der Waals surface area contributed by atoms with E-state index in [4.69, 9.17) is 0 Å². The lowest BCUT2D eigenvalue weighted by Gasteiger charge is -2.28. The number of guanidine groups is 1. The maximum Gasteiger partial charge on any atom is 0.213 e. The number of nitrogens with one attached hydrogen (secondary N) is 3. The number of nitrogens with zero attached hydrogens (tertiary/aromatic N) is 1. The van der Waals surface area contributed by atoms with E-state index in [1.807, 2.05) is 30.3 Å². The van der Waals surface area contributed by atoms with Crippen molar-refractivity contribution in [1.29, 1.82) is 0 Å². The minimum Gasteiger partial charge on any atom is -0.355 e. The molecule has 1 fully saturated rings. The second-order valence-corrected chi connectivity index (χ2v) is 8.65. The van der Waals surface area contributed by atoms with E-state index in [9.17, 15) is 8.42 Å². The van der Waals surface area contributed by atoms with Crippen LogP contribution in [-0.4, -0.2) is 39.8 Å². The summed E-state index contributed by atoms with van der Waals surface area (Å²) in [5.41, 5.74) is 0.947. The van der Waals surface area contributed by atoms with E-state index >= 15 is 0 Å². The minimum atomic E-state index is -3.32. The Kier molecular flexibility index (Phi) is 10.5. The first-order chi connectivity index (χ1) is 12.0. The van der Waals surface area contributed by atoms with Crippen molar-refractivity contribution in [3.05, 3.63) is 35.9 Å². The Morgan fingerprint density at radius 2 is 1.81 bits per heavy atom. The topological polar surface area (TPSA) is 82.6 Å². The van der Waals surface area contributed by atoms with Gasteiger partial charge in [-0.1, -0.05) is 37.3 Å². The van der Waals surface area contributed by atoms with Crippen molar-refractivity contribution < 1.29 is 8.42 Å². The summed E-state index contributed by atoms with van der Waals surface area (Å²) in [6.45, 7) is 2.93. The molecule has 1 aromatic rings. The van der Waals surface area contributed by atoms with E-state index in [2.05, 4.69) is 27.3 Å². The van der Waals surface area contributed by atoms with Crippen LogP contribution in [-0.2, 0) is 16.6 Å². The van der Waals surface area contributed by atoms with Gasteiger partial charge in [-0.3, -0.25) is 4.99 Å². The zero-order valence-electron chi connectivity index (χ0n) is 15.6. The summed E-state index contributed by atoms with van der Waals surface area (Å²) in [5, 5.41) is 6.50. The van der Waals surface area contributed by atoms with E-state index in [1.54, 1.807) is 7.05 Å². The van der Waals surface area contributed by atoms with Crippen LogP contribution >= 0.6 is 24.0 Å². The first-order valence-corrected chi connectivity index (χ1v) is 10.6. The number of rotatable bonds is 7. The number of halogens is 1. The lowest BCUT2D eigenvalue weighted by Crippen LogP contribution is -2.46. The third-order valence-electron chi connectivity index (χ3n) is 4.58. The predicted molar refractivity (Wildman–Crippen MR) is 118 cm³/mol. The van der Waals surface area contributed by atoms with Crippen LogP contribution in [0.15, 0.2) is 35.3 Å². The first-order valence-electron chi connectivity index (χ1n) is 8.97. The molecular weight excluding hydrogens is 463 g/mol. The van der Waals surface area contributed by atoms with Gasteiger partial charge in [-0.25, -0.2) is 13.1 Å². The van der Waals surface area contributed by atoms with Crippen LogP contribution in [0.2, 0.25) is 0 Å². The third-order valence-corrected chi connectivity index (χ3v) is 5.91. The second kappa shape index (κ2) is 11.8. The van der Waals surface area contributed by atoms with Gasteiger partial charge in [0.2, 0.25) is 10.0 Å². The van der Waals surface area contributed by atoms with Gasteiger partial charge >= 0.3 is 0 Å². The van der Waals surface area contributed by atoms with Crippen molar-refractivity contribution in [1.82, 2.24) is 15.4 Å². The zero-order valence-corrected chi connectivity index (χ0v) is 18.7. The molecule has 0 aliphatic heterocycles. The van der Waals surface area contributed by atoms with Crippen LogP contribution in [0.1, 0.15) is 38.2 Å². The highest BCUT2D eigenvalue weighted by atomic mass is 127. The van der Waals surface area contributed by atoms with E-state index in [0.29, 0.717) is 25.1 Å². The normalized spacial score (nSPS) is 20.9. The van der Waals surface area contributed by atoms with Crippen molar-refractivity contribution in [3.63, 3.8) is 0 Å². The fraction of sp³-hybridized carbons (Fsp3) is 0.611. The van der Waals surface area contributed by atoms with Crippen molar-refractivity contribution >= 4 is 40.0 Å². The highest BCUT2D eigenvalue weighted by Gasteiger charge is 2.19. The predicted octanol–water partition coefficient (Wildman–Crippen LogP) is 2.47. The molecule has 1 aliphatic rings. The summed E-state index contributed by atoms with van der Waals surface area (Å²) in [5.74, 6) is 1.49. The summed E-state index contributed by atoms with van der Waals surface area (Å²) in [6, 6.07) is 9.93. The van der Waals surface area contributed by atoms with Crippen molar-refractivity contribution in [2.75, 3.05) is 19.3 Å². The molecule has 148 valence electrons. The van der Waals surface area contributed by atoms with Gasteiger partial charge in [0.15, 0.2) is 5.96 Å². The maximum atomic E-state index is 12.1. The van der Waals surface area contributed by atoms with Crippen LogP contribution in [0.25, 0.3) is 0 Å². The van der Waals surface area contributed by atoms with Gasteiger partial charge in [0.1, 0.15) is 0 Å². The number of aliphatic imine (C=N–C) groups is 1. The largest absolute Gasteiger partial charge is 0.355 e. The Morgan fingerprint density at radius 1 is 1.15 bits per heavy atom. The molecule has 0 spiro atoms. The van der Waals surface area contributed by atoms with E-state index in [-0.39, 0.29) is 29.7 Å². The van der Waals surface area contributed by atoms with Gasteiger partial charge in [0, 0.05) is 26.2 Å². The van der Waals surface area contributed by atoms with Gasteiger partial charge in [0.05, 0.1) is 5.75 Å². The first kappa shape index (κ1) is 23.2. The minimum absolute atomic E-state index is 0. The fourth-order valence-corrected chi connectivity index (χ4v) is 3.86. The van der Waals surface area contributed by atoms with Crippen LogP contribution in [0.3, 0.4) is 0 Å². The quantitative estimate of drug-likeness (QED) is 0.309. The van der Waals surface area contributed by atoms with Gasteiger partial charge in [-0.2, -0.15) is 0 Å². The molecule has 3 N–H and O–H groups in total. The smallest absolute Gasteiger partial charge is 0.213 e. The molecule has 6 nitrogen and oxygen atoms in total. The summed E-state index contributed by atoms with van der Waals surface area (Å²) in [6.07, 6.45) is 4.73. The van der Waals surface area contributed by atoms with Gasteiger partial charge < -0.3 is 10.6 Å². The van der Waals surface area contributed by atoms with Gasteiger partial charge in [-0.15, -0.1) is 24.0 Å². The molecule has 0 heterocycles. The molecule has 0 saturated heterocycles. The monoisotopic (exact) mass is 494 g/mol. The number of hydrogen-bond donors (Lipinski definition) is 3. The average molecular weight is 494 g/mol. The van der Waals surface area contributed by atoms with Crippen LogP contribution < -0.4 is 15.4 Å². The summed E-state index contributed by atoms with van der Waals surface area (Å²) in [4.78, 5) is 4.19. The highest BCUT2D eigenvalue weighted by molar-refractivity contribution is 14.0. The molecule has 2 rings (SSSR count). The Labute approximate surface area is 174 Å². The standard InChI is InChI=1S/C18H30N4O2S.HI/c1-15-8-10-17(11-9-15)22-18(19-2)20-12-13-25(23,24)21-14-16-6-4-3-5-7-16;/h3-7,15,17,21H,8-14H2,1-2H3,(H2,19,20,22);1H. The molecule has 0 aromatic heterocycles. The third kappa shape index (κ3) is 8.68. The van der Waals surface area contributed by atoms with Crippen molar-refractivity contribution in [2.24, 2.45) is 10.9 Å². The van der Waals surface area contributed by atoms with E-state index < -0.39 is 10.0 Å². The lowest BCUT2D eigenvalue weighted by atomic mass is 9.87. The lowest BCUT2D eigenvalue weighted by molar-refractivity contribution is 0.329. The highest BCUT2D eigenvalue weighted by Crippen LogP contribution is 2.23. The Bertz CT molecular complexity index is 644. The zero-order chi connectivity index (χ0) is 18.1. The van der Waals surface area contributed by atoms with Gasteiger partial charge in [0.25, 0.3) is 0 Å². The molecule has 8 heteroatoms. The maximum absolute atomic E-state index is 12.1. The average Bonchev–Trinajstić information content (AvgIpc) is 2.62. The molecule has 0 unspecified atom stereocenters. The SMILES string of the molecule is CN=C(NCCS(=O)(=O)NCc1ccccc1)NC1CCC(C)CC1.I. The Balaban J connectivity index is 0.00000338. The molecule has 0 atom stereocenters. The molecule has 1 saturated carbocycles. The van der Waals surface area contributed by atoms with Gasteiger partial charge in [-0.05, 0) is 37.2 Å². The van der Waals surface area contributed by atoms with Crippen LogP contribution in [0.5, 0.6) is 0 Å². The van der Waals surface area contributed by atoms with E-state index in [1.165, 1.54) is 12.8 Å². The number of hydrogen-bond acceptors (Lipinski definition) is 3. The van der Waals surface area contributed by atoms with Crippen molar-refractivity contribution in [3.8, 4) is 0 Å². The van der Waals surface area contributed by atoms with Crippen molar-refractivity contribution in [2.45, 2.75) is 45.2 Å². The molecule has 0 bridgehead atoms. The van der Waals surface area contributed by atoms with Crippen LogP contribution in [0.4, 0.5) is 0 Å². The number of benzene rings is 1. The Morgan fingerprint density at radius 3 is 2.42 bits per heavy atom. The molecular formula is C18H31IN4O2S. The van der Waals surface area contributed by atoms with E-state index in [0.717, 1.165) is 24.3 Å². The molecule has 1 aromatic carbocycles. The number of sulfonamides is 1.